The van der Waals surface area contributed by atoms with Crippen molar-refractivity contribution in [3.63, 3.8) is 0 Å². The van der Waals surface area contributed by atoms with Crippen LogP contribution in [0.2, 0.25) is 0 Å². The third-order valence-corrected chi connectivity index (χ3v) is 7.10. The molecule has 2 aromatic rings. The third kappa shape index (κ3) is 5.85. The molecule has 0 unspecified atom stereocenters. The zero-order valence-corrected chi connectivity index (χ0v) is 20.2. The molecule has 1 aliphatic carbocycles. The molecule has 0 radical (unpaired) electrons. The Balaban J connectivity index is 1.33. The first-order valence-electron chi connectivity index (χ1n) is 12.8. The highest BCUT2D eigenvalue weighted by atomic mass is 16.5. The van der Waals surface area contributed by atoms with Gasteiger partial charge in [0.25, 0.3) is 5.91 Å². The highest BCUT2D eigenvalue weighted by Crippen LogP contribution is 2.39. The fourth-order valence-corrected chi connectivity index (χ4v) is 5.17. The van der Waals surface area contributed by atoms with Crippen molar-refractivity contribution in [1.29, 1.82) is 0 Å². The van der Waals surface area contributed by atoms with E-state index in [1.54, 1.807) is 0 Å². The van der Waals surface area contributed by atoms with E-state index in [1.165, 1.54) is 18.4 Å². The maximum Gasteiger partial charge on any atom is 0.257 e. The van der Waals surface area contributed by atoms with Crippen LogP contribution in [0.4, 0.5) is 11.4 Å². The molecule has 1 saturated carbocycles. The van der Waals surface area contributed by atoms with Gasteiger partial charge < -0.3 is 20.7 Å². The molecule has 0 aromatic heterocycles. The van der Waals surface area contributed by atoms with E-state index in [2.05, 4.69) is 63.2 Å². The van der Waals surface area contributed by atoms with Gasteiger partial charge in [0.05, 0.1) is 6.54 Å². The van der Waals surface area contributed by atoms with Gasteiger partial charge in [-0.1, -0.05) is 31.6 Å². The third-order valence-electron chi connectivity index (χ3n) is 7.10. The van der Waals surface area contributed by atoms with E-state index in [0.29, 0.717) is 30.0 Å². The van der Waals surface area contributed by atoms with Gasteiger partial charge in [-0.05, 0) is 73.1 Å². The minimum atomic E-state index is -0.124. The van der Waals surface area contributed by atoms with Crippen molar-refractivity contribution in [2.75, 3.05) is 31.6 Å². The maximum atomic E-state index is 12.8. The maximum absolute atomic E-state index is 12.8. The minimum Gasteiger partial charge on any atom is -0.382 e. The van der Waals surface area contributed by atoms with Crippen LogP contribution in [0.25, 0.3) is 5.70 Å². The van der Waals surface area contributed by atoms with Gasteiger partial charge in [-0.25, -0.2) is 0 Å². The number of guanidine groups is 1. The van der Waals surface area contributed by atoms with Gasteiger partial charge in [0, 0.05) is 48.4 Å². The van der Waals surface area contributed by atoms with Crippen LogP contribution in [0.3, 0.4) is 0 Å². The second-order valence-corrected chi connectivity index (χ2v) is 9.61. The number of carbonyl (C=O) groups excluding carboxylic acids is 1. The Labute approximate surface area is 207 Å². The highest BCUT2D eigenvalue weighted by Gasteiger charge is 2.22. The summed E-state index contributed by atoms with van der Waals surface area (Å²) in [5.41, 5.74) is 5.96. The van der Waals surface area contributed by atoms with E-state index in [4.69, 9.17) is 4.74 Å². The standard InChI is InChI=1S/C28H35N5O2/c1-19(31-23-11-15-35-16-12-23)21-7-4-8-24(17-21)32-26-10-9-22(18-25(26)20-5-2-3-6-20)27(34)33-28-29-13-14-30-28/h4,7-10,17-18,20,23,31-32H,1-3,5-6,11-16H2,(H2,29,30,33,34). The summed E-state index contributed by atoms with van der Waals surface area (Å²) >= 11 is 0. The number of nitrogens with one attached hydrogen (secondary N) is 4. The van der Waals surface area contributed by atoms with Crippen molar-refractivity contribution in [2.45, 2.75) is 50.5 Å². The van der Waals surface area contributed by atoms with Gasteiger partial charge in [0.15, 0.2) is 5.96 Å². The molecule has 5 rings (SSSR count). The van der Waals surface area contributed by atoms with Crippen LogP contribution in [0.5, 0.6) is 0 Å². The lowest BCUT2D eigenvalue weighted by Gasteiger charge is -2.25. The Morgan fingerprint density at radius 1 is 1.03 bits per heavy atom. The number of anilines is 2. The molecular formula is C28H35N5O2. The molecule has 1 saturated heterocycles. The van der Waals surface area contributed by atoms with Gasteiger partial charge in [-0.15, -0.1) is 0 Å². The Hall–Kier alpha value is -3.32. The zero-order chi connectivity index (χ0) is 24.0. The predicted molar refractivity (Wildman–Crippen MR) is 141 cm³/mol. The van der Waals surface area contributed by atoms with E-state index in [-0.39, 0.29) is 5.91 Å². The fraction of sp³-hybridized carbons (Fsp3) is 0.429. The molecule has 184 valence electrons. The monoisotopic (exact) mass is 473 g/mol. The first-order valence-corrected chi connectivity index (χ1v) is 12.8. The number of nitrogens with zero attached hydrogens (tertiary/aromatic N) is 1. The molecule has 2 heterocycles. The van der Waals surface area contributed by atoms with Crippen molar-refractivity contribution in [3.8, 4) is 0 Å². The largest absolute Gasteiger partial charge is 0.382 e. The molecule has 0 atom stereocenters. The quantitative estimate of drug-likeness (QED) is 0.475. The van der Waals surface area contributed by atoms with Crippen molar-refractivity contribution in [1.82, 2.24) is 16.0 Å². The summed E-state index contributed by atoms with van der Waals surface area (Å²) < 4.78 is 5.47. The molecule has 7 nitrogen and oxygen atoms in total. The van der Waals surface area contributed by atoms with Crippen LogP contribution in [0.15, 0.2) is 54.0 Å². The average Bonchev–Trinajstić information content (AvgIpc) is 3.60. The number of rotatable bonds is 7. The van der Waals surface area contributed by atoms with Crippen LogP contribution in [-0.2, 0) is 4.74 Å². The summed E-state index contributed by atoms with van der Waals surface area (Å²) in [5, 5.41) is 13.2. The molecule has 0 spiro atoms. The second-order valence-electron chi connectivity index (χ2n) is 9.61. The van der Waals surface area contributed by atoms with Crippen LogP contribution in [0, 0.1) is 0 Å². The van der Waals surface area contributed by atoms with Gasteiger partial charge in [0.2, 0.25) is 0 Å². The molecule has 2 fully saturated rings. The number of ether oxygens (including phenoxy) is 1. The summed E-state index contributed by atoms with van der Waals surface area (Å²) in [6.07, 6.45) is 6.78. The molecule has 7 heteroatoms. The van der Waals surface area contributed by atoms with E-state index < -0.39 is 0 Å². The minimum absolute atomic E-state index is 0.124. The predicted octanol–water partition coefficient (Wildman–Crippen LogP) is 4.52. The fourth-order valence-electron chi connectivity index (χ4n) is 5.17. The summed E-state index contributed by atoms with van der Waals surface area (Å²) in [5.74, 6) is 0.896. The Morgan fingerprint density at radius 2 is 1.86 bits per heavy atom. The smallest absolute Gasteiger partial charge is 0.257 e. The van der Waals surface area contributed by atoms with E-state index in [1.807, 2.05) is 12.1 Å². The molecule has 2 aliphatic heterocycles. The van der Waals surface area contributed by atoms with Crippen molar-refractivity contribution >= 4 is 28.9 Å². The SMILES string of the molecule is C=C(NC1CCOCC1)c1cccc(Nc2ccc(C(=O)NC3=NCCN3)cc2C2CCCC2)c1. The first kappa shape index (κ1) is 23.4. The lowest BCUT2D eigenvalue weighted by Crippen LogP contribution is -2.38. The normalized spacial score (nSPS) is 18.6. The van der Waals surface area contributed by atoms with Gasteiger partial charge in [0.1, 0.15) is 0 Å². The molecule has 0 bridgehead atoms. The van der Waals surface area contributed by atoms with Crippen LogP contribution in [-0.4, -0.2) is 44.2 Å². The number of hydrogen-bond donors (Lipinski definition) is 4. The number of aliphatic imine (C=N–C) groups is 1. The number of amides is 1. The van der Waals surface area contributed by atoms with Gasteiger partial charge >= 0.3 is 0 Å². The first-order chi connectivity index (χ1) is 17.2. The van der Waals surface area contributed by atoms with Crippen molar-refractivity contribution in [3.05, 3.63) is 65.7 Å². The lowest BCUT2D eigenvalue weighted by atomic mass is 9.93. The molecule has 2 aromatic carbocycles. The Kier molecular flexibility index (Phi) is 7.33. The van der Waals surface area contributed by atoms with E-state index in [9.17, 15) is 4.79 Å². The van der Waals surface area contributed by atoms with Crippen LogP contribution in [0.1, 0.15) is 65.9 Å². The highest BCUT2D eigenvalue weighted by molar-refractivity contribution is 6.06. The second kappa shape index (κ2) is 11.0. The van der Waals surface area contributed by atoms with Crippen molar-refractivity contribution in [2.24, 2.45) is 4.99 Å². The summed E-state index contributed by atoms with van der Waals surface area (Å²) in [6.45, 7) is 7.35. The Bertz CT molecular complexity index is 1100. The molecule has 35 heavy (non-hydrogen) atoms. The van der Waals surface area contributed by atoms with E-state index >= 15 is 0 Å². The number of benzene rings is 2. The number of carbonyl (C=O) groups is 1. The van der Waals surface area contributed by atoms with Gasteiger partial charge in [-0.2, -0.15) is 0 Å². The average molecular weight is 474 g/mol. The molecule has 4 N–H and O–H groups in total. The van der Waals surface area contributed by atoms with Crippen LogP contribution >= 0.6 is 0 Å². The number of hydrogen-bond acceptors (Lipinski definition) is 6. The molecule has 1 amide bonds. The van der Waals surface area contributed by atoms with Crippen molar-refractivity contribution < 1.29 is 9.53 Å². The summed E-state index contributed by atoms with van der Waals surface area (Å²) in [7, 11) is 0. The molecular weight excluding hydrogens is 438 g/mol. The molecule has 3 aliphatic rings. The zero-order valence-electron chi connectivity index (χ0n) is 20.2. The summed E-state index contributed by atoms with van der Waals surface area (Å²) in [4.78, 5) is 17.1. The topological polar surface area (TPSA) is 86.8 Å². The lowest BCUT2D eigenvalue weighted by molar-refractivity contribution is 0.0819. The summed E-state index contributed by atoms with van der Waals surface area (Å²) in [6, 6.07) is 14.7. The Morgan fingerprint density at radius 3 is 2.63 bits per heavy atom. The van der Waals surface area contributed by atoms with Gasteiger partial charge in [-0.3, -0.25) is 15.1 Å². The van der Waals surface area contributed by atoms with E-state index in [0.717, 1.165) is 68.1 Å². The van der Waals surface area contributed by atoms with Crippen LogP contribution < -0.4 is 21.3 Å².